The molecular weight excluding hydrogens is 965 g/mol. The third kappa shape index (κ3) is 26.2. The molecule has 2 unspecified atom stereocenters. The minimum absolute atomic E-state index is 0.0453. The van der Waals surface area contributed by atoms with Gasteiger partial charge in [0.05, 0.1) is 38.5 Å². The smallest absolute Gasteiger partial charge is 0.472 e. The zero-order chi connectivity index (χ0) is 51.9. The Bertz CT molecular complexity index is 1820. The van der Waals surface area contributed by atoms with E-state index in [-0.39, 0.29) is 25.3 Å². The van der Waals surface area contributed by atoms with E-state index in [1.807, 2.05) is 0 Å². The van der Waals surface area contributed by atoms with Crippen LogP contribution in [0.4, 0.5) is 0 Å². The van der Waals surface area contributed by atoms with E-state index in [0.29, 0.717) is 11.4 Å². The molecule has 7 atom stereocenters. The number of hydrogen-bond donors (Lipinski definition) is 8. The average Bonchev–Trinajstić information content (AvgIpc) is 3.31. The number of ether oxygens (including phenoxy) is 4. The Morgan fingerprint density at radius 3 is 1.96 bits per heavy atom. The number of aliphatic hydroxyl groups excluding tert-OH is 2. The van der Waals surface area contributed by atoms with Crippen LogP contribution in [0.2, 0.25) is 5.02 Å². The number of nitrogens with zero attached hydrogens (tertiary/aromatic N) is 1. The molecule has 1 saturated heterocycles. The van der Waals surface area contributed by atoms with Crippen LogP contribution in [0.5, 0.6) is 0 Å². The van der Waals surface area contributed by atoms with E-state index >= 15 is 0 Å². The highest BCUT2D eigenvalue weighted by molar-refractivity contribution is 7.47. The van der Waals surface area contributed by atoms with Crippen LogP contribution in [0.3, 0.4) is 0 Å². The van der Waals surface area contributed by atoms with Gasteiger partial charge >= 0.3 is 25.7 Å². The van der Waals surface area contributed by atoms with Gasteiger partial charge < -0.3 is 66.2 Å². The number of phosphoric acid groups is 1. The lowest BCUT2D eigenvalue weighted by Gasteiger charge is -2.44. The fourth-order valence-electron chi connectivity index (χ4n) is 7.23. The van der Waals surface area contributed by atoms with E-state index < -0.39 is 138 Å². The molecule has 0 bridgehead atoms. The monoisotopic (exact) mass is 1040 g/mol. The Balaban J connectivity index is 1.72. The number of aliphatic carboxylic acids is 1. The van der Waals surface area contributed by atoms with Gasteiger partial charge in [-0.15, -0.1) is 0 Å². The number of aliphatic hydroxyl groups is 2. The number of halogens is 1. The highest BCUT2D eigenvalue weighted by Crippen LogP contribution is 2.43. The molecule has 2 rings (SSSR count). The van der Waals surface area contributed by atoms with Gasteiger partial charge in [-0.3, -0.25) is 33.0 Å². The first-order valence-electron chi connectivity index (χ1n) is 23.7. The summed E-state index contributed by atoms with van der Waals surface area (Å²) in [5.74, 6) is -7.04. The van der Waals surface area contributed by atoms with Crippen molar-refractivity contribution < 1.29 is 86.3 Å². The number of nitrogens with one attached hydrogen (secondary N) is 2. The van der Waals surface area contributed by atoms with Gasteiger partial charge in [-0.05, 0) is 37.1 Å². The Morgan fingerprint density at radius 2 is 1.39 bits per heavy atom. The predicted molar refractivity (Wildman–Crippen MR) is 252 cm³/mol. The zero-order valence-electron chi connectivity index (χ0n) is 39.9. The summed E-state index contributed by atoms with van der Waals surface area (Å²) in [4.78, 5) is 98.0. The first-order valence-corrected chi connectivity index (χ1v) is 25.6. The van der Waals surface area contributed by atoms with E-state index in [1.54, 1.807) is 0 Å². The molecule has 0 radical (unpaired) electrons. The number of carboxylic acids is 1. The zero-order valence-corrected chi connectivity index (χ0v) is 41.5. The minimum atomic E-state index is -4.34. The second-order valence-electron chi connectivity index (χ2n) is 16.8. The Labute approximate surface area is 413 Å². The Morgan fingerprint density at radius 1 is 0.814 bits per heavy atom. The second-order valence-corrected chi connectivity index (χ2v) is 18.7. The van der Waals surface area contributed by atoms with Gasteiger partial charge in [0.15, 0.2) is 13.2 Å². The van der Waals surface area contributed by atoms with E-state index in [1.165, 1.54) is 88.5 Å². The molecule has 70 heavy (non-hydrogen) atoms. The van der Waals surface area contributed by atoms with Crippen molar-refractivity contribution in [3.8, 4) is 0 Å². The largest absolute Gasteiger partial charge is 0.480 e. The van der Waals surface area contributed by atoms with Gasteiger partial charge in [0.25, 0.3) is 11.8 Å². The van der Waals surface area contributed by atoms with Crippen LogP contribution in [0.1, 0.15) is 120 Å². The van der Waals surface area contributed by atoms with Gasteiger partial charge in [-0.2, -0.15) is 0 Å². The summed E-state index contributed by atoms with van der Waals surface area (Å²) < 4.78 is 42.6. The molecule has 1 aliphatic rings. The van der Waals surface area contributed by atoms with Crippen molar-refractivity contribution in [1.82, 2.24) is 15.5 Å². The number of rotatable bonds is 38. The van der Waals surface area contributed by atoms with E-state index in [9.17, 15) is 53.2 Å². The molecule has 0 saturated carbocycles. The van der Waals surface area contributed by atoms with Crippen LogP contribution in [-0.4, -0.2) is 162 Å². The molecular formula is C45H73ClN5O18P. The Hall–Kier alpha value is -4.29. The molecule has 1 heterocycles. The number of carbonyl (C=O) groups is 7. The summed E-state index contributed by atoms with van der Waals surface area (Å²) in [5, 5.41) is 34.5. The van der Waals surface area contributed by atoms with Crippen LogP contribution in [0.25, 0.3) is 0 Å². The molecule has 25 heteroatoms. The van der Waals surface area contributed by atoms with E-state index in [2.05, 4.69) is 17.6 Å². The van der Waals surface area contributed by atoms with Crippen molar-refractivity contribution in [3.63, 3.8) is 0 Å². The standard InChI is InChI=1S/C45H73ClN5O18P/c1-2-3-4-5-6-7-8-9-10-11-12-13-14-15-23-67-70(62,63)68-24-22-49-37(54)28-64-40(58)30-65-39(57)21-20-33(44(48)60)50-36(53)26-51(45(61)31-16-18-32(46)19-17-31)25-34-41(47)43(66-29-38(55)56)42(59)35(27-52)69-34/h16-19,33-35,41-43,52,59H,2-15,20-30,47H2,1H3,(H2,48,60)(H,49,54)(H,50,53)(H,55,56)(H,62,63)/t33-,34?,35-,41+,42-,43-/m1/s1. The van der Waals surface area contributed by atoms with Crippen molar-refractivity contribution in [2.24, 2.45) is 11.5 Å². The third-order valence-corrected chi connectivity index (χ3v) is 12.3. The highest BCUT2D eigenvalue weighted by atomic mass is 35.5. The van der Waals surface area contributed by atoms with Gasteiger partial charge in [0, 0.05) is 30.1 Å². The molecule has 10 N–H and O–H groups in total. The lowest BCUT2D eigenvalue weighted by molar-refractivity contribution is -0.206. The molecule has 1 aliphatic heterocycles. The number of phosphoric ester groups is 1. The van der Waals surface area contributed by atoms with Crippen molar-refractivity contribution >= 4 is 61.0 Å². The molecule has 0 aromatic heterocycles. The summed E-state index contributed by atoms with van der Waals surface area (Å²) in [7, 11) is -4.34. The predicted octanol–water partition coefficient (Wildman–Crippen LogP) is 2.27. The summed E-state index contributed by atoms with van der Waals surface area (Å²) in [6.07, 6.45) is 9.97. The fourth-order valence-corrected chi connectivity index (χ4v) is 8.11. The quantitative estimate of drug-likeness (QED) is 0.0267. The molecule has 1 aromatic rings. The van der Waals surface area contributed by atoms with Crippen LogP contribution in [-0.2, 0) is 61.3 Å². The molecule has 23 nitrogen and oxygen atoms in total. The van der Waals surface area contributed by atoms with Gasteiger partial charge in [-0.25, -0.2) is 14.2 Å². The maximum atomic E-state index is 13.7. The van der Waals surface area contributed by atoms with Gasteiger partial charge in [0.2, 0.25) is 11.8 Å². The number of unbranched alkanes of at least 4 members (excludes halogenated alkanes) is 13. The number of esters is 2. The van der Waals surface area contributed by atoms with Crippen LogP contribution in [0.15, 0.2) is 24.3 Å². The number of primary amides is 1. The number of benzene rings is 1. The molecule has 1 aromatic carbocycles. The SMILES string of the molecule is CCCCCCCCCCCCCCCCOP(=O)(O)OCCNC(=O)COC(=O)COC(=O)CC[C@@H](NC(=O)CN(CC1O[C@H](CO)[C@@H](O)[C@H](OCC(=O)O)[C@H]1N)C(=O)c1ccc(Cl)cc1)C(N)=O. The Kier molecular flexibility index (Phi) is 30.9. The molecule has 1 fully saturated rings. The summed E-state index contributed by atoms with van der Waals surface area (Å²) >= 11 is 5.97. The number of nitrogens with two attached hydrogens (primary N) is 2. The number of hydrogen-bond acceptors (Lipinski definition) is 17. The van der Waals surface area contributed by atoms with E-state index in [0.717, 1.165) is 24.2 Å². The lowest BCUT2D eigenvalue weighted by Crippen LogP contribution is -2.65. The van der Waals surface area contributed by atoms with Crippen molar-refractivity contribution in [2.75, 3.05) is 59.3 Å². The van der Waals surface area contributed by atoms with Gasteiger partial charge in [-0.1, -0.05) is 102 Å². The molecule has 4 amide bonds. The third-order valence-electron chi connectivity index (χ3n) is 11.0. The maximum Gasteiger partial charge on any atom is 0.472 e. The second kappa shape index (κ2) is 34.9. The average molecular weight is 1040 g/mol. The van der Waals surface area contributed by atoms with Crippen molar-refractivity contribution in [2.45, 2.75) is 146 Å². The first-order chi connectivity index (χ1) is 33.4. The van der Waals surface area contributed by atoms with Crippen molar-refractivity contribution in [3.05, 3.63) is 34.9 Å². The fraction of sp³-hybridized carbons (Fsp3) is 0.711. The van der Waals surface area contributed by atoms with Crippen LogP contribution < -0.4 is 22.1 Å². The van der Waals surface area contributed by atoms with Gasteiger partial charge in [0.1, 0.15) is 31.0 Å². The molecule has 398 valence electrons. The normalized spacial score (nSPS) is 19.0. The topological polar surface area (TPSA) is 352 Å². The lowest BCUT2D eigenvalue weighted by atomic mass is 9.92. The summed E-state index contributed by atoms with van der Waals surface area (Å²) in [5.41, 5.74) is 11.8. The summed E-state index contributed by atoms with van der Waals surface area (Å²) in [6.45, 7) is -2.82. The summed E-state index contributed by atoms with van der Waals surface area (Å²) in [6, 6.07) is 2.81. The minimum Gasteiger partial charge on any atom is -0.480 e. The van der Waals surface area contributed by atoms with Crippen LogP contribution in [0, 0.1) is 0 Å². The highest BCUT2D eigenvalue weighted by Gasteiger charge is 2.45. The van der Waals surface area contributed by atoms with Crippen molar-refractivity contribution in [1.29, 1.82) is 0 Å². The molecule has 0 aliphatic carbocycles. The van der Waals surface area contributed by atoms with E-state index in [4.69, 9.17) is 56.2 Å². The number of carbonyl (C=O) groups excluding carboxylic acids is 6. The first kappa shape index (κ1) is 61.8. The molecule has 0 spiro atoms. The number of amides is 4. The van der Waals surface area contributed by atoms with Crippen LogP contribution >= 0.6 is 19.4 Å². The maximum absolute atomic E-state index is 13.7. The number of carboxylic acid groups (broad SMARTS) is 1.